The average molecular weight is 374 g/mol. The van der Waals surface area contributed by atoms with Gasteiger partial charge in [-0.1, -0.05) is 42.0 Å². The zero-order chi connectivity index (χ0) is 19.5. The van der Waals surface area contributed by atoms with E-state index in [1.165, 1.54) is 5.56 Å². The van der Waals surface area contributed by atoms with Gasteiger partial charge in [-0.25, -0.2) is 0 Å². The van der Waals surface area contributed by atoms with Crippen LogP contribution in [0.25, 0.3) is 11.1 Å². The molecule has 0 radical (unpaired) electrons. The molecular weight excluding hydrogens is 352 g/mol. The minimum atomic E-state index is -0.242. The van der Waals surface area contributed by atoms with Gasteiger partial charge in [-0.05, 0) is 41.8 Å². The Hall–Kier alpha value is -3.18. The van der Waals surface area contributed by atoms with Gasteiger partial charge in [-0.3, -0.25) is 9.78 Å². The van der Waals surface area contributed by atoms with Crippen molar-refractivity contribution >= 4 is 5.91 Å². The summed E-state index contributed by atoms with van der Waals surface area (Å²) in [4.78, 5) is 18.8. The molecule has 0 saturated carbocycles. The number of ether oxygens (including phenoxy) is 1. The van der Waals surface area contributed by atoms with E-state index in [4.69, 9.17) is 4.74 Å². The van der Waals surface area contributed by atoms with Crippen molar-refractivity contribution in [3.05, 3.63) is 83.7 Å². The number of aryl methyl sites for hydroxylation is 1. The quantitative estimate of drug-likeness (QED) is 0.753. The zero-order valence-electron chi connectivity index (χ0n) is 15.7. The summed E-state index contributed by atoms with van der Waals surface area (Å²) in [5, 5.41) is 9.88. The number of aromatic hydroxyl groups is 1. The number of pyridine rings is 1. The summed E-state index contributed by atoms with van der Waals surface area (Å²) in [7, 11) is 0. The largest absolute Gasteiger partial charge is 0.508 e. The second-order valence-electron chi connectivity index (χ2n) is 7.05. The molecule has 1 unspecified atom stereocenters. The second kappa shape index (κ2) is 7.82. The summed E-state index contributed by atoms with van der Waals surface area (Å²) >= 11 is 0. The van der Waals surface area contributed by atoms with Gasteiger partial charge in [0.1, 0.15) is 12.4 Å². The first kappa shape index (κ1) is 18.2. The van der Waals surface area contributed by atoms with Crippen molar-refractivity contribution < 1.29 is 14.6 Å². The van der Waals surface area contributed by atoms with Gasteiger partial charge >= 0.3 is 0 Å². The Morgan fingerprint density at radius 3 is 2.79 bits per heavy atom. The number of hydrogen-bond acceptors (Lipinski definition) is 4. The van der Waals surface area contributed by atoms with Crippen LogP contribution >= 0.6 is 0 Å². The predicted molar refractivity (Wildman–Crippen MR) is 107 cm³/mol. The van der Waals surface area contributed by atoms with Crippen molar-refractivity contribution in [2.45, 2.75) is 19.5 Å². The van der Waals surface area contributed by atoms with E-state index < -0.39 is 0 Å². The molecule has 1 aliphatic rings. The highest BCUT2D eigenvalue weighted by molar-refractivity contribution is 5.79. The molecule has 5 nitrogen and oxygen atoms in total. The summed E-state index contributed by atoms with van der Waals surface area (Å²) in [6.07, 6.45) is 3.51. The number of aromatic nitrogens is 1. The van der Waals surface area contributed by atoms with Gasteiger partial charge in [0.05, 0.1) is 12.6 Å². The third-order valence-corrected chi connectivity index (χ3v) is 5.04. The molecule has 1 fully saturated rings. The van der Waals surface area contributed by atoms with Crippen molar-refractivity contribution in [2.75, 3.05) is 13.2 Å². The van der Waals surface area contributed by atoms with Crippen molar-refractivity contribution in [3.63, 3.8) is 0 Å². The molecule has 2 heterocycles. The van der Waals surface area contributed by atoms with Crippen LogP contribution in [-0.2, 0) is 16.1 Å². The molecule has 1 amide bonds. The second-order valence-corrected chi connectivity index (χ2v) is 7.05. The van der Waals surface area contributed by atoms with Crippen LogP contribution in [0.15, 0.2) is 67.0 Å². The van der Waals surface area contributed by atoms with E-state index in [1.54, 1.807) is 24.5 Å². The SMILES string of the molecule is Cc1ccc(CN2C(=O)COCC2c2cnccc2-c2cccc(O)c2)cc1. The molecule has 1 aliphatic heterocycles. The average Bonchev–Trinajstić information content (AvgIpc) is 2.71. The molecule has 1 saturated heterocycles. The fourth-order valence-corrected chi connectivity index (χ4v) is 3.56. The molecule has 142 valence electrons. The molecule has 3 aromatic rings. The summed E-state index contributed by atoms with van der Waals surface area (Å²) in [5.41, 5.74) is 4.99. The standard InChI is InChI=1S/C23H22N2O3/c1-16-5-7-17(8-6-16)13-25-22(14-28-15-23(25)27)21-12-24-10-9-20(21)18-3-2-4-19(26)11-18/h2-12,22,26H,13-15H2,1H3. The maximum Gasteiger partial charge on any atom is 0.249 e. The molecule has 1 N–H and O–H groups in total. The lowest BCUT2D eigenvalue weighted by molar-refractivity contribution is -0.149. The first-order chi connectivity index (χ1) is 13.6. The summed E-state index contributed by atoms with van der Waals surface area (Å²) in [5.74, 6) is 0.162. The van der Waals surface area contributed by atoms with Crippen LogP contribution in [0.5, 0.6) is 5.75 Å². The minimum Gasteiger partial charge on any atom is -0.508 e. The van der Waals surface area contributed by atoms with Crippen molar-refractivity contribution in [1.82, 2.24) is 9.88 Å². The van der Waals surface area contributed by atoms with Crippen LogP contribution in [0.1, 0.15) is 22.7 Å². The predicted octanol–water partition coefficient (Wildman–Crippen LogP) is 3.86. The Balaban J connectivity index is 1.72. The molecule has 2 aromatic carbocycles. The van der Waals surface area contributed by atoms with Crippen LogP contribution in [-0.4, -0.2) is 34.1 Å². The van der Waals surface area contributed by atoms with Crippen molar-refractivity contribution in [1.29, 1.82) is 0 Å². The lowest BCUT2D eigenvalue weighted by Gasteiger charge is -2.36. The first-order valence-corrected chi connectivity index (χ1v) is 9.28. The lowest BCUT2D eigenvalue weighted by atomic mass is 9.95. The van der Waals surface area contributed by atoms with Gasteiger partial charge in [0, 0.05) is 24.5 Å². The van der Waals surface area contributed by atoms with Crippen LogP contribution in [0.3, 0.4) is 0 Å². The van der Waals surface area contributed by atoms with Crippen LogP contribution in [0.4, 0.5) is 0 Å². The van der Waals surface area contributed by atoms with Crippen LogP contribution in [0.2, 0.25) is 0 Å². The Morgan fingerprint density at radius 2 is 2.00 bits per heavy atom. The third-order valence-electron chi connectivity index (χ3n) is 5.04. The molecule has 4 rings (SSSR count). The minimum absolute atomic E-state index is 0.0393. The number of phenols is 1. The van der Waals surface area contributed by atoms with E-state index in [-0.39, 0.29) is 24.3 Å². The van der Waals surface area contributed by atoms with E-state index in [0.717, 1.165) is 22.3 Å². The van der Waals surface area contributed by atoms with E-state index in [0.29, 0.717) is 13.2 Å². The van der Waals surface area contributed by atoms with E-state index >= 15 is 0 Å². The fourth-order valence-electron chi connectivity index (χ4n) is 3.56. The molecule has 28 heavy (non-hydrogen) atoms. The topological polar surface area (TPSA) is 62.7 Å². The number of carbonyl (C=O) groups is 1. The van der Waals surface area contributed by atoms with E-state index in [1.807, 2.05) is 30.0 Å². The summed E-state index contributed by atoms with van der Waals surface area (Å²) in [6.45, 7) is 3.06. The van der Waals surface area contributed by atoms with Gasteiger partial charge in [-0.15, -0.1) is 0 Å². The van der Waals surface area contributed by atoms with Gasteiger partial charge in [0.15, 0.2) is 0 Å². The van der Waals surface area contributed by atoms with Crippen molar-refractivity contribution in [3.8, 4) is 16.9 Å². The van der Waals surface area contributed by atoms with Gasteiger partial charge in [0.25, 0.3) is 0 Å². The highest BCUT2D eigenvalue weighted by Gasteiger charge is 2.31. The fraction of sp³-hybridized carbons (Fsp3) is 0.217. The smallest absolute Gasteiger partial charge is 0.249 e. The normalized spacial score (nSPS) is 17.0. The number of phenolic OH excluding ortho intramolecular Hbond substituents is 1. The summed E-state index contributed by atoms with van der Waals surface area (Å²) in [6, 6.07) is 17.0. The third kappa shape index (κ3) is 3.75. The first-order valence-electron chi connectivity index (χ1n) is 9.28. The Labute approximate surface area is 164 Å². The van der Waals surface area contributed by atoms with E-state index in [2.05, 4.69) is 29.2 Å². The summed E-state index contributed by atoms with van der Waals surface area (Å²) < 4.78 is 5.58. The molecule has 1 atom stereocenters. The molecule has 0 aliphatic carbocycles. The molecular formula is C23H22N2O3. The number of benzene rings is 2. The molecule has 1 aromatic heterocycles. The highest BCUT2D eigenvalue weighted by atomic mass is 16.5. The van der Waals surface area contributed by atoms with Crippen LogP contribution in [0, 0.1) is 6.92 Å². The maximum atomic E-state index is 12.7. The molecule has 0 spiro atoms. The molecule has 5 heteroatoms. The Kier molecular flexibility index (Phi) is 5.08. The molecule has 0 bridgehead atoms. The van der Waals surface area contributed by atoms with Gasteiger partial charge < -0.3 is 14.7 Å². The monoisotopic (exact) mass is 374 g/mol. The van der Waals surface area contributed by atoms with E-state index in [9.17, 15) is 9.90 Å². The van der Waals surface area contributed by atoms with Crippen molar-refractivity contribution in [2.24, 2.45) is 0 Å². The number of morpholine rings is 1. The number of rotatable bonds is 4. The van der Waals surface area contributed by atoms with Crippen LogP contribution < -0.4 is 0 Å². The number of carbonyl (C=O) groups excluding carboxylic acids is 1. The number of nitrogens with zero attached hydrogens (tertiary/aromatic N) is 2. The maximum absolute atomic E-state index is 12.7. The highest BCUT2D eigenvalue weighted by Crippen LogP contribution is 2.34. The number of amides is 1. The van der Waals surface area contributed by atoms with Gasteiger partial charge in [0.2, 0.25) is 5.91 Å². The number of hydrogen-bond donors (Lipinski definition) is 1. The Morgan fingerprint density at radius 1 is 1.18 bits per heavy atom. The lowest BCUT2D eigenvalue weighted by Crippen LogP contribution is -2.43. The zero-order valence-corrected chi connectivity index (χ0v) is 15.7. The Bertz CT molecular complexity index is 985. The van der Waals surface area contributed by atoms with Gasteiger partial charge in [-0.2, -0.15) is 0 Å².